The Morgan fingerprint density at radius 3 is 0.783 bits per heavy atom. The number of aromatic nitrogens is 4. The second-order valence-corrected chi connectivity index (χ2v) is 23.9. The topological polar surface area (TPSA) is 67.3 Å². The largest absolute Gasteiger partial charge is 0.309 e. The molecule has 6 nitrogen and oxygen atoms in total. The van der Waals surface area contributed by atoms with Gasteiger partial charge < -0.3 is 18.3 Å². The molecule has 14 aromatic carbocycles. The van der Waals surface area contributed by atoms with E-state index in [1.54, 1.807) is 0 Å². The van der Waals surface area contributed by atoms with Crippen LogP contribution in [0, 0.1) is 22.7 Å². The lowest BCUT2D eigenvalue weighted by atomic mass is 9.93. The van der Waals surface area contributed by atoms with E-state index < -0.39 is 0 Å². The predicted octanol–water partition coefficient (Wildman–Crippen LogP) is 22.2. The summed E-state index contributed by atoms with van der Waals surface area (Å²) >= 11 is 0. The van der Waals surface area contributed by atoms with Crippen molar-refractivity contribution < 1.29 is 0 Å². The van der Waals surface area contributed by atoms with Gasteiger partial charge in [0.25, 0.3) is 0 Å². The summed E-state index contributed by atoms with van der Waals surface area (Å²) in [6, 6.07) is 118. The number of nitrogens with zero attached hydrogens (tertiary/aromatic N) is 6. The molecule has 0 amide bonds. The van der Waals surface area contributed by atoms with Gasteiger partial charge in [0.1, 0.15) is 0 Å². The van der Waals surface area contributed by atoms with E-state index in [1.165, 1.54) is 43.1 Å². The number of rotatable bonds is 9. The molecule has 0 atom stereocenters. The number of nitriles is 2. The molecule has 0 saturated heterocycles. The molecule has 0 aliphatic rings. The van der Waals surface area contributed by atoms with Crippen LogP contribution in [0.25, 0.3) is 166 Å². The van der Waals surface area contributed by atoms with Crippen molar-refractivity contribution in [1.29, 1.82) is 10.5 Å². The highest BCUT2D eigenvalue weighted by molar-refractivity contribution is 6.15. The maximum atomic E-state index is 9.54. The maximum absolute atomic E-state index is 9.54. The summed E-state index contributed by atoms with van der Waals surface area (Å²) in [5.74, 6) is 0. The molecule has 0 aliphatic heterocycles. The molecular formula is C86H52N6. The minimum absolute atomic E-state index is 0.645. The van der Waals surface area contributed by atoms with E-state index in [4.69, 9.17) is 0 Å². The highest BCUT2D eigenvalue weighted by Gasteiger charge is 2.20. The van der Waals surface area contributed by atoms with Gasteiger partial charge in [0.05, 0.1) is 67.4 Å². The zero-order chi connectivity index (χ0) is 61.0. The molecule has 4 heterocycles. The zero-order valence-corrected chi connectivity index (χ0v) is 49.7. The predicted molar refractivity (Wildman–Crippen MR) is 380 cm³/mol. The Balaban J connectivity index is 0.716. The third-order valence-electron chi connectivity index (χ3n) is 18.8. The van der Waals surface area contributed by atoms with E-state index in [0.29, 0.717) is 11.1 Å². The lowest BCUT2D eigenvalue weighted by Crippen LogP contribution is -1.95. The molecule has 4 aromatic heterocycles. The highest BCUT2D eigenvalue weighted by atomic mass is 15.0. The van der Waals surface area contributed by atoms with Gasteiger partial charge in [0.15, 0.2) is 0 Å². The van der Waals surface area contributed by atoms with Crippen LogP contribution in [-0.4, -0.2) is 18.3 Å². The lowest BCUT2D eigenvalue weighted by Gasteiger charge is -2.15. The summed E-state index contributed by atoms with van der Waals surface area (Å²) in [4.78, 5) is 0. The first kappa shape index (κ1) is 52.4. The fourth-order valence-electron chi connectivity index (χ4n) is 14.5. The third kappa shape index (κ3) is 8.40. The number of para-hydroxylation sites is 4. The molecule has 0 radical (unpaired) electrons. The van der Waals surface area contributed by atoms with Crippen LogP contribution < -0.4 is 0 Å². The smallest absolute Gasteiger partial charge is 0.0991 e. The zero-order valence-electron chi connectivity index (χ0n) is 49.7. The Labute approximate surface area is 530 Å². The molecule has 426 valence electrons. The van der Waals surface area contributed by atoms with Crippen molar-refractivity contribution in [3.8, 4) is 90.5 Å². The van der Waals surface area contributed by atoms with Crippen LogP contribution in [0.2, 0.25) is 0 Å². The number of hydrogen-bond acceptors (Lipinski definition) is 2. The molecule has 92 heavy (non-hydrogen) atoms. The summed E-state index contributed by atoms with van der Waals surface area (Å²) in [5.41, 5.74) is 26.1. The van der Waals surface area contributed by atoms with Gasteiger partial charge in [-0.25, -0.2) is 0 Å². The second-order valence-electron chi connectivity index (χ2n) is 23.9. The van der Waals surface area contributed by atoms with Gasteiger partial charge in [0, 0.05) is 65.8 Å². The first-order chi connectivity index (χ1) is 45.5. The van der Waals surface area contributed by atoms with E-state index in [2.05, 4.69) is 297 Å². The molecule has 0 spiro atoms. The van der Waals surface area contributed by atoms with E-state index in [9.17, 15) is 10.5 Å². The van der Waals surface area contributed by atoms with E-state index in [0.717, 1.165) is 123 Å². The second kappa shape index (κ2) is 21.0. The van der Waals surface area contributed by atoms with Crippen molar-refractivity contribution in [2.75, 3.05) is 0 Å². The molecule has 18 aromatic rings. The average Bonchev–Trinajstić information content (AvgIpc) is 1.60. The fourth-order valence-corrected chi connectivity index (χ4v) is 14.5. The van der Waals surface area contributed by atoms with Gasteiger partial charge in [-0.3, -0.25) is 0 Å². The van der Waals surface area contributed by atoms with Gasteiger partial charge in [-0.2, -0.15) is 10.5 Å². The molecule has 0 saturated carbocycles. The first-order valence-electron chi connectivity index (χ1n) is 31.1. The van der Waals surface area contributed by atoms with Crippen LogP contribution in [0.1, 0.15) is 11.1 Å². The molecule has 18 rings (SSSR count). The van der Waals surface area contributed by atoms with Crippen molar-refractivity contribution in [3.63, 3.8) is 0 Å². The summed E-state index contributed by atoms with van der Waals surface area (Å²) in [5, 5.41) is 28.6. The maximum Gasteiger partial charge on any atom is 0.0991 e. The summed E-state index contributed by atoms with van der Waals surface area (Å²) in [6.07, 6.45) is 0. The highest BCUT2D eigenvalue weighted by Crippen LogP contribution is 2.43. The molecule has 6 heteroatoms. The lowest BCUT2D eigenvalue weighted by molar-refractivity contribution is 1.18. The molecule has 0 fully saturated rings. The molecular weight excluding hydrogens is 1120 g/mol. The summed E-state index contributed by atoms with van der Waals surface area (Å²) in [7, 11) is 0. The summed E-state index contributed by atoms with van der Waals surface area (Å²) < 4.78 is 9.43. The van der Waals surface area contributed by atoms with Crippen molar-refractivity contribution in [3.05, 3.63) is 327 Å². The molecule has 0 unspecified atom stereocenters. The van der Waals surface area contributed by atoms with Crippen LogP contribution in [0.15, 0.2) is 315 Å². The van der Waals surface area contributed by atoms with Gasteiger partial charge in [-0.15, -0.1) is 0 Å². The molecule has 0 bridgehead atoms. The Bertz CT molecular complexity index is 5780. The van der Waals surface area contributed by atoms with Crippen molar-refractivity contribution >= 4 is 87.2 Å². The first-order valence-corrected chi connectivity index (χ1v) is 31.1. The Kier molecular flexibility index (Phi) is 11.9. The Morgan fingerprint density at radius 1 is 0.174 bits per heavy atom. The normalized spacial score (nSPS) is 11.7. The van der Waals surface area contributed by atoms with Gasteiger partial charge in [-0.1, -0.05) is 152 Å². The van der Waals surface area contributed by atoms with Crippen LogP contribution in [0.4, 0.5) is 0 Å². The number of benzene rings is 14. The van der Waals surface area contributed by atoms with E-state index in [1.807, 2.05) is 48.5 Å². The van der Waals surface area contributed by atoms with Crippen LogP contribution in [0.5, 0.6) is 0 Å². The quantitative estimate of drug-likeness (QED) is 0.145. The minimum Gasteiger partial charge on any atom is -0.309 e. The standard InChI is InChI=1S/C86H52N6/c87-53-55-28-36-67(37-29-55)89-79-24-8-4-20-71(79)75-49-60(32-40-83(75)89)62-34-42-85-77(51-62)73-22-6-10-26-81(73)91(85)69-18-12-16-58(47-69)65-44-64(57-14-2-1-3-15-57)45-66(46-65)59-17-13-19-70(48-59)92-82-27-11-7-23-74(82)78-52-63(35-43-86(78)92)61-33-41-84-76(50-61)72-21-5-9-25-80(72)90(84)68-38-30-56(54-88)31-39-68/h1-52H. The monoisotopic (exact) mass is 1170 g/mol. The third-order valence-corrected chi connectivity index (χ3v) is 18.8. The Hall–Kier alpha value is -12.7. The Morgan fingerprint density at radius 2 is 0.446 bits per heavy atom. The number of hydrogen-bond donors (Lipinski definition) is 0. The van der Waals surface area contributed by atoms with E-state index in [-0.39, 0.29) is 0 Å². The van der Waals surface area contributed by atoms with Crippen molar-refractivity contribution in [2.45, 2.75) is 0 Å². The van der Waals surface area contributed by atoms with Gasteiger partial charge in [-0.05, 0) is 219 Å². The van der Waals surface area contributed by atoms with Crippen LogP contribution >= 0.6 is 0 Å². The van der Waals surface area contributed by atoms with Crippen LogP contribution in [-0.2, 0) is 0 Å². The average molecular weight is 1170 g/mol. The SMILES string of the molecule is N#Cc1ccc(-n2c3ccccc3c3cc(-c4ccc5c(c4)c4ccccc4n5-c4cccc(-c5cc(-c6ccccc6)cc(-c6cccc(-n7c8ccccc8c8cc(-c9ccc%10c(c9)c9ccccc9n%10-c9ccc(C#N)cc9)ccc87)c6)c5)c4)ccc32)cc1. The fraction of sp³-hybridized carbons (Fsp3) is 0. The summed E-state index contributed by atoms with van der Waals surface area (Å²) in [6.45, 7) is 0. The van der Waals surface area contributed by atoms with Gasteiger partial charge >= 0.3 is 0 Å². The molecule has 0 N–H and O–H groups in total. The number of fused-ring (bicyclic) bond motifs is 12. The van der Waals surface area contributed by atoms with Crippen molar-refractivity contribution in [2.24, 2.45) is 0 Å². The molecule has 0 aliphatic carbocycles. The van der Waals surface area contributed by atoms with E-state index >= 15 is 0 Å². The minimum atomic E-state index is 0.645. The van der Waals surface area contributed by atoms with Crippen molar-refractivity contribution in [1.82, 2.24) is 18.3 Å². The van der Waals surface area contributed by atoms with Gasteiger partial charge in [0.2, 0.25) is 0 Å². The van der Waals surface area contributed by atoms with Crippen LogP contribution in [0.3, 0.4) is 0 Å².